The Kier molecular flexibility index (Phi) is 4.01. The maximum absolute atomic E-state index is 5.80. The van der Waals surface area contributed by atoms with Crippen molar-refractivity contribution in [1.82, 2.24) is 19.9 Å². The van der Waals surface area contributed by atoms with Gasteiger partial charge < -0.3 is 9.80 Å². The lowest BCUT2D eigenvalue weighted by Crippen LogP contribution is -2.38. The zero-order chi connectivity index (χ0) is 12.4. The van der Waals surface area contributed by atoms with E-state index in [-0.39, 0.29) is 10.6 Å². The molecule has 2 rings (SSSR count). The van der Waals surface area contributed by atoms with Crippen LogP contribution in [0.15, 0.2) is 0 Å². The van der Waals surface area contributed by atoms with Gasteiger partial charge in [0.2, 0.25) is 16.5 Å². The van der Waals surface area contributed by atoms with Crippen LogP contribution in [0.3, 0.4) is 0 Å². The molecule has 0 radical (unpaired) electrons. The minimum absolute atomic E-state index is 0.149. The molecule has 1 aliphatic heterocycles. The van der Waals surface area contributed by atoms with E-state index in [1.165, 1.54) is 0 Å². The highest BCUT2D eigenvalue weighted by atomic mass is 35.5. The number of aromatic nitrogens is 3. The topological polar surface area (TPSA) is 45.2 Å². The second-order valence-electron chi connectivity index (χ2n) is 4.43. The maximum atomic E-state index is 5.80. The van der Waals surface area contributed by atoms with Gasteiger partial charge in [-0.1, -0.05) is 0 Å². The molecule has 1 aromatic heterocycles. The third kappa shape index (κ3) is 3.18. The van der Waals surface area contributed by atoms with Crippen LogP contribution in [0.4, 0.5) is 5.95 Å². The Morgan fingerprint density at radius 3 is 2.47 bits per heavy atom. The Balaban J connectivity index is 2.19. The molecule has 0 saturated carbocycles. The summed E-state index contributed by atoms with van der Waals surface area (Å²) in [5.74, 6) is 0.583. The molecule has 17 heavy (non-hydrogen) atoms. The Hall–Kier alpha value is -0.650. The molecule has 1 unspecified atom stereocenters. The van der Waals surface area contributed by atoms with Gasteiger partial charge in [-0.05, 0) is 50.1 Å². The third-order valence-electron chi connectivity index (χ3n) is 2.78. The average molecular weight is 276 g/mol. The van der Waals surface area contributed by atoms with E-state index in [1.807, 2.05) is 0 Å². The van der Waals surface area contributed by atoms with Gasteiger partial charge in [-0.3, -0.25) is 0 Å². The molecule has 1 aliphatic rings. The highest BCUT2D eigenvalue weighted by molar-refractivity contribution is 6.31. The summed E-state index contributed by atoms with van der Waals surface area (Å²) in [5, 5.41) is 0.297. The Labute approximate surface area is 111 Å². The molecule has 0 aliphatic carbocycles. The first-order valence-corrected chi connectivity index (χ1v) is 6.30. The SMILES string of the molecule is CN(C)CC1CCCN1c1nc(Cl)nc(Cl)n1. The summed E-state index contributed by atoms with van der Waals surface area (Å²) in [6.07, 6.45) is 2.28. The molecular formula is C10H15Cl2N5. The molecular weight excluding hydrogens is 261 g/mol. The molecule has 1 atom stereocenters. The fourth-order valence-corrected chi connectivity index (χ4v) is 2.51. The standard InChI is InChI=1S/C10H15Cl2N5/c1-16(2)6-7-4-3-5-17(7)10-14-8(11)13-9(12)15-10/h7H,3-6H2,1-2H3. The number of likely N-dealkylation sites (N-methyl/N-ethyl adjacent to an activating group) is 1. The van der Waals surface area contributed by atoms with Gasteiger partial charge in [0.15, 0.2) is 0 Å². The van der Waals surface area contributed by atoms with Crippen LogP contribution in [0.5, 0.6) is 0 Å². The van der Waals surface area contributed by atoms with Gasteiger partial charge in [0, 0.05) is 19.1 Å². The van der Waals surface area contributed by atoms with Crippen LogP contribution < -0.4 is 4.90 Å². The smallest absolute Gasteiger partial charge is 0.231 e. The van der Waals surface area contributed by atoms with E-state index < -0.39 is 0 Å². The van der Waals surface area contributed by atoms with Crippen LogP contribution in [0.25, 0.3) is 0 Å². The van der Waals surface area contributed by atoms with Crippen LogP contribution in [-0.4, -0.2) is 53.1 Å². The zero-order valence-corrected chi connectivity index (χ0v) is 11.4. The molecule has 94 valence electrons. The summed E-state index contributed by atoms with van der Waals surface area (Å²) in [6, 6.07) is 0.416. The highest BCUT2D eigenvalue weighted by Crippen LogP contribution is 2.24. The molecule has 5 nitrogen and oxygen atoms in total. The van der Waals surface area contributed by atoms with Crippen molar-refractivity contribution < 1.29 is 0 Å². The lowest BCUT2D eigenvalue weighted by atomic mass is 10.2. The van der Waals surface area contributed by atoms with Crippen molar-refractivity contribution in [3.05, 3.63) is 10.6 Å². The van der Waals surface area contributed by atoms with E-state index in [0.717, 1.165) is 25.9 Å². The number of nitrogens with zero attached hydrogens (tertiary/aromatic N) is 5. The van der Waals surface area contributed by atoms with Crippen LogP contribution >= 0.6 is 23.2 Å². The molecule has 0 aromatic carbocycles. The van der Waals surface area contributed by atoms with E-state index in [9.17, 15) is 0 Å². The number of halogens is 2. The number of anilines is 1. The van der Waals surface area contributed by atoms with E-state index in [2.05, 4.69) is 38.8 Å². The third-order valence-corrected chi connectivity index (χ3v) is 3.12. The zero-order valence-electron chi connectivity index (χ0n) is 9.90. The summed E-state index contributed by atoms with van der Waals surface area (Å²) in [4.78, 5) is 16.4. The first kappa shape index (κ1) is 12.8. The van der Waals surface area contributed by atoms with Gasteiger partial charge in [-0.25, -0.2) is 0 Å². The predicted molar refractivity (Wildman–Crippen MR) is 68.8 cm³/mol. The van der Waals surface area contributed by atoms with E-state index in [4.69, 9.17) is 23.2 Å². The normalized spacial score (nSPS) is 20.3. The number of hydrogen-bond donors (Lipinski definition) is 0. The first-order chi connectivity index (χ1) is 8.06. The summed E-state index contributed by atoms with van der Waals surface area (Å²) < 4.78 is 0. The van der Waals surface area contributed by atoms with Gasteiger partial charge in [0.1, 0.15) is 0 Å². The van der Waals surface area contributed by atoms with Gasteiger partial charge in [0.05, 0.1) is 0 Å². The highest BCUT2D eigenvalue weighted by Gasteiger charge is 2.27. The van der Waals surface area contributed by atoms with Gasteiger partial charge >= 0.3 is 0 Å². The second kappa shape index (κ2) is 5.33. The lowest BCUT2D eigenvalue weighted by Gasteiger charge is -2.26. The van der Waals surface area contributed by atoms with Crippen molar-refractivity contribution in [3.8, 4) is 0 Å². The molecule has 0 amide bonds. The average Bonchev–Trinajstić information content (AvgIpc) is 2.63. The van der Waals surface area contributed by atoms with Crippen LogP contribution in [-0.2, 0) is 0 Å². The number of hydrogen-bond acceptors (Lipinski definition) is 5. The fraction of sp³-hybridized carbons (Fsp3) is 0.700. The summed E-state index contributed by atoms with van der Waals surface area (Å²) in [5.41, 5.74) is 0. The van der Waals surface area contributed by atoms with E-state index in [0.29, 0.717) is 12.0 Å². The van der Waals surface area contributed by atoms with Crippen molar-refractivity contribution in [3.63, 3.8) is 0 Å². The van der Waals surface area contributed by atoms with Crippen LogP contribution in [0.1, 0.15) is 12.8 Å². The van der Waals surface area contributed by atoms with Crippen LogP contribution in [0.2, 0.25) is 10.6 Å². The quantitative estimate of drug-likeness (QED) is 0.841. The maximum Gasteiger partial charge on any atom is 0.231 e. The lowest BCUT2D eigenvalue weighted by molar-refractivity contribution is 0.371. The molecule has 2 heterocycles. The van der Waals surface area contributed by atoms with Gasteiger partial charge in [0.25, 0.3) is 0 Å². The molecule has 0 N–H and O–H groups in total. The van der Waals surface area contributed by atoms with Gasteiger partial charge in [-0.15, -0.1) is 0 Å². The van der Waals surface area contributed by atoms with Crippen LogP contribution in [0, 0.1) is 0 Å². The largest absolute Gasteiger partial charge is 0.336 e. The van der Waals surface area contributed by atoms with E-state index >= 15 is 0 Å². The van der Waals surface area contributed by atoms with Crippen molar-refractivity contribution in [1.29, 1.82) is 0 Å². The fourth-order valence-electron chi connectivity index (χ4n) is 2.15. The minimum atomic E-state index is 0.149. The molecule has 1 fully saturated rings. The Bertz CT molecular complexity index is 378. The predicted octanol–water partition coefficient (Wildman–Crippen LogP) is 1.71. The van der Waals surface area contributed by atoms with Gasteiger partial charge in [-0.2, -0.15) is 15.0 Å². The second-order valence-corrected chi connectivity index (χ2v) is 5.10. The summed E-state index contributed by atoms with van der Waals surface area (Å²) >= 11 is 11.6. The summed E-state index contributed by atoms with van der Waals surface area (Å²) in [7, 11) is 4.12. The van der Waals surface area contributed by atoms with E-state index in [1.54, 1.807) is 0 Å². The molecule has 1 aromatic rings. The Morgan fingerprint density at radius 2 is 1.88 bits per heavy atom. The molecule has 7 heteroatoms. The minimum Gasteiger partial charge on any atom is -0.336 e. The monoisotopic (exact) mass is 275 g/mol. The molecule has 0 bridgehead atoms. The Morgan fingerprint density at radius 1 is 1.24 bits per heavy atom. The first-order valence-electron chi connectivity index (χ1n) is 5.54. The molecule has 0 spiro atoms. The van der Waals surface area contributed by atoms with Crippen molar-refractivity contribution in [2.75, 3.05) is 32.1 Å². The van der Waals surface area contributed by atoms with Crippen molar-refractivity contribution in [2.24, 2.45) is 0 Å². The van der Waals surface area contributed by atoms with Crippen molar-refractivity contribution >= 4 is 29.2 Å². The summed E-state index contributed by atoms with van der Waals surface area (Å²) in [6.45, 7) is 1.91. The van der Waals surface area contributed by atoms with Crippen molar-refractivity contribution in [2.45, 2.75) is 18.9 Å². The number of rotatable bonds is 3. The molecule has 1 saturated heterocycles.